The topological polar surface area (TPSA) is 52.9 Å². The number of aliphatic hydroxyl groups is 2. The van der Waals surface area contributed by atoms with Crippen molar-refractivity contribution in [2.24, 2.45) is 39.9 Å². The van der Waals surface area contributed by atoms with Crippen molar-refractivity contribution in [2.75, 3.05) is 6.54 Å². The zero-order chi connectivity index (χ0) is 29.0. The van der Waals surface area contributed by atoms with E-state index in [4.69, 9.17) is 4.74 Å². The first-order valence-corrected chi connectivity index (χ1v) is 16.5. The van der Waals surface area contributed by atoms with Gasteiger partial charge in [0.2, 0.25) is 0 Å². The van der Waals surface area contributed by atoms with Crippen LogP contribution in [0.1, 0.15) is 55.7 Å². The molecule has 2 unspecified atom stereocenters. The quantitative estimate of drug-likeness (QED) is 0.286. The molecule has 220 valence electrons. The maximum absolute atomic E-state index is 12.7. The molecule has 4 heteroatoms. The molecule has 6 saturated carbocycles. The van der Waals surface area contributed by atoms with Crippen LogP contribution in [0.2, 0.25) is 0 Å². The Hall–Kier alpha value is -2.76. The average Bonchev–Trinajstić information content (AvgIpc) is 3.40. The summed E-state index contributed by atoms with van der Waals surface area (Å²) in [6.45, 7) is 8.04. The third-order valence-electron chi connectivity index (χ3n) is 14.2. The van der Waals surface area contributed by atoms with E-state index < -0.39 is 17.4 Å². The van der Waals surface area contributed by atoms with Crippen LogP contribution in [0.3, 0.4) is 0 Å². The summed E-state index contributed by atoms with van der Waals surface area (Å²) >= 11 is 0. The molecule has 4 nitrogen and oxygen atoms in total. The van der Waals surface area contributed by atoms with Gasteiger partial charge in [-0.25, -0.2) is 0 Å². The van der Waals surface area contributed by atoms with Gasteiger partial charge in [-0.3, -0.25) is 4.90 Å². The van der Waals surface area contributed by atoms with Crippen molar-refractivity contribution in [1.82, 2.24) is 4.90 Å². The molecular formula is C39H41NO3. The largest absolute Gasteiger partial charge is 0.388 e. The van der Waals surface area contributed by atoms with Crippen LogP contribution >= 0.6 is 0 Å². The molecular weight excluding hydrogens is 530 g/mol. The van der Waals surface area contributed by atoms with E-state index in [0.29, 0.717) is 18.4 Å². The number of ether oxygens (including phenoxy) is 1. The number of hydrogen-bond acceptors (Lipinski definition) is 4. The highest BCUT2D eigenvalue weighted by atomic mass is 16.5. The minimum absolute atomic E-state index is 0.0418. The van der Waals surface area contributed by atoms with Gasteiger partial charge in [0.25, 0.3) is 0 Å². The van der Waals surface area contributed by atoms with Gasteiger partial charge in [0.05, 0.1) is 12.2 Å². The molecule has 43 heavy (non-hydrogen) atoms. The van der Waals surface area contributed by atoms with Crippen molar-refractivity contribution in [2.45, 2.75) is 68.6 Å². The number of benzene rings is 3. The van der Waals surface area contributed by atoms with Crippen molar-refractivity contribution in [1.29, 1.82) is 0 Å². The summed E-state index contributed by atoms with van der Waals surface area (Å²) in [5.41, 5.74) is 2.34. The summed E-state index contributed by atoms with van der Waals surface area (Å²) in [5, 5.41) is 24.9. The van der Waals surface area contributed by atoms with Gasteiger partial charge in [-0.15, -0.1) is 0 Å². The Kier molecular flexibility index (Phi) is 4.69. The summed E-state index contributed by atoms with van der Waals surface area (Å²) in [7, 11) is 0. The van der Waals surface area contributed by atoms with Gasteiger partial charge < -0.3 is 14.9 Å². The zero-order valence-corrected chi connectivity index (χ0v) is 24.9. The molecule has 0 aromatic heterocycles. The van der Waals surface area contributed by atoms with E-state index in [0.717, 1.165) is 41.6 Å². The predicted molar refractivity (Wildman–Crippen MR) is 165 cm³/mol. The molecule has 3 aromatic carbocycles. The number of rotatable bonds is 5. The second-order valence-corrected chi connectivity index (χ2v) is 15.6. The van der Waals surface area contributed by atoms with Crippen molar-refractivity contribution >= 4 is 0 Å². The smallest absolute Gasteiger partial charge is 0.144 e. The summed E-state index contributed by atoms with van der Waals surface area (Å²) in [6, 6.07) is 32.6. The van der Waals surface area contributed by atoms with Gasteiger partial charge in [0, 0.05) is 35.8 Å². The normalized spacial score (nSPS) is 47.8. The third kappa shape index (κ3) is 2.58. The SMILES string of the molecule is C=C1[C@H]2C[C@@H]3C4N5C[C@]6(C)CCC[C@@]47[C@@H]6[C@@]5(O)C[C@]3([C@@H]1O)[C@H]7[C@H]2OC(c1ccccc1)(c1ccccc1)c1ccccc1. The van der Waals surface area contributed by atoms with Crippen molar-refractivity contribution in [3.63, 3.8) is 0 Å². The molecule has 3 saturated heterocycles. The van der Waals surface area contributed by atoms with Gasteiger partial charge in [0.15, 0.2) is 0 Å². The second-order valence-electron chi connectivity index (χ2n) is 15.6. The first-order chi connectivity index (χ1) is 20.8. The molecule has 3 aromatic rings. The lowest BCUT2D eigenvalue weighted by Crippen LogP contribution is -2.72. The van der Waals surface area contributed by atoms with Crippen molar-refractivity contribution in [3.8, 4) is 0 Å². The van der Waals surface area contributed by atoms with Crippen LogP contribution in [0.25, 0.3) is 0 Å². The Morgan fingerprint density at radius 3 is 2.02 bits per heavy atom. The number of fused-ring (bicyclic) bond motifs is 1. The van der Waals surface area contributed by atoms with E-state index in [1.807, 2.05) is 0 Å². The van der Waals surface area contributed by atoms with E-state index >= 15 is 0 Å². The maximum atomic E-state index is 12.7. The summed E-state index contributed by atoms with van der Waals surface area (Å²) in [6.07, 6.45) is 4.46. The molecule has 2 N–H and O–H groups in total. The minimum atomic E-state index is -0.825. The monoisotopic (exact) mass is 571 g/mol. The van der Waals surface area contributed by atoms with Gasteiger partial charge in [-0.1, -0.05) is 111 Å². The summed E-state index contributed by atoms with van der Waals surface area (Å²) in [4.78, 5) is 2.55. The average molecular weight is 572 g/mol. The molecule has 12 rings (SSSR count). The Labute approximate surface area is 254 Å². The first kappa shape index (κ1) is 25.6. The fourth-order valence-corrected chi connectivity index (χ4v) is 13.6. The van der Waals surface area contributed by atoms with Crippen molar-refractivity contribution < 1.29 is 14.9 Å². The minimum Gasteiger partial charge on any atom is -0.388 e. The fourth-order valence-electron chi connectivity index (χ4n) is 13.6. The Balaban J connectivity index is 1.23. The number of nitrogens with zero attached hydrogens (tertiary/aromatic N) is 1. The van der Waals surface area contributed by atoms with Gasteiger partial charge >= 0.3 is 0 Å². The fraction of sp³-hybridized carbons (Fsp3) is 0.487. The third-order valence-corrected chi connectivity index (χ3v) is 14.2. The molecule has 9 bridgehead atoms. The summed E-state index contributed by atoms with van der Waals surface area (Å²) < 4.78 is 8.01. The molecule has 2 spiro atoms. The maximum Gasteiger partial charge on any atom is 0.144 e. The van der Waals surface area contributed by atoms with E-state index in [1.165, 1.54) is 12.8 Å². The molecule has 12 atom stereocenters. The first-order valence-electron chi connectivity index (χ1n) is 16.5. The van der Waals surface area contributed by atoms with Crippen LogP contribution in [0, 0.1) is 39.9 Å². The second kappa shape index (κ2) is 7.90. The predicted octanol–water partition coefficient (Wildman–Crippen LogP) is 6.13. The molecule has 3 aliphatic heterocycles. The highest BCUT2D eigenvalue weighted by Gasteiger charge is 2.93. The van der Waals surface area contributed by atoms with Crippen LogP contribution in [0.15, 0.2) is 103 Å². The highest BCUT2D eigenvalue weighted by molar-refractivity contribution is 5.50. The molecule has 0 radical (unpaired) electrons. The molecule has 0 amide bonds. The Bertz CT molecular complexity index is 1550. The lowest BCUT2D eigenvalue weighted by molar-refractivity contribution is -0.287. The van der Waals surface area contributed by atoms with Crippen LogP contribution in [-0.4, -0.2) is 45.6 Å². The lowest BCUT2D eigenvalue weighted by Gasteiger charge is -2.68. The molecule has 6 aliphatic carbocycles. The molecule has 9 aliphatic rings. The van der Waals surface area contributed by atoms with Gasteiger partial charge in [0.1, 0.15) is 11.3 Å². The van der Waals surface area contributed by atoms with Gasteiger partial charge in [-0.05, 0) is 64.7 Å². The van der Waals surface area contributed by atoms with E-state index in [1.54, 1.807) is 0 Å². The highest BCUT2D eigenvalue weighted by Crippen LogP contribution is 2.89. The number of aliphatic hydroxyl groups excluding tert-OH is 1. The Morgan fingerprint density at radius 1 is 0.860 bits per heavy atom. The van der Waals surface area contributed by atoms with E-state index in [2.05, 4.69) is 109 Å². The van der Waals surface area contributed by atoms with E-state index in [-0.39, 0.29) is 40.1 Å². The summed E-state index contributed by atoms with van der Waals surface area (Å²) in [5.74, 6) is 0.884. The van der Waals surface area contributed by atoms with E-state index in [9.17, 15) is 10.2 Å². The lowest BCUT2D eigenvalue weighted by atomic mass is 9.38. The number of hydrogen-bond donors (Lipinski definition) is 2. The zero-order valence-electron chi connectivity index (χ0n) is 24.9. The van der Waals surface area contributed by atoms with Crippen LogP contribution in [0.5, 0.6) is 0 Å². The van der Waals surface area contributed by atoms with Crippen LogP contribution in [0.4, 0.5) is 0 Å². The standard InChI is InChI=1S/C39H41NO3/c1-24-28-21-29-32-36-20-12-19-35(2)23-40(32)38(42,34(35)36)22-37(29,33(24)41)31(36)30(28)43-39(25-13-6-3-7-14-25,26-15-8-4-9-16-26)27-17-10-5-11-18-27/h3-11,13-18,28-34,41-42H,1,12,19-23H2,2H3/t28-,29-,30+,31+,32?,33-,34-,35+,36+,37-,38+/m1/s1. The Morgan fingerprint density at radius 2 is 1.44 bits per heavy atom. The van der Waals surface area contributed by atoms with Crippen LogP contribution in [-0.2, 0) is 10.3 Å². The van der Waals surface area contributed by atoms with Gasteiger partial charge in [-0.2, -0.15) is 0 Å². The molecule has 3 heterocycles. The van der Waals surface area contributed by atoms with Crippen LogP contribution < -0.4 is 0 Å². The number of piperidine rings is 2. The van der Waals surface area contributed by atoms with Crippen molar-refractivity contribution in [3.05, 3.63) is 120 Å². The molecule has 9 fully saturated rings.